The van der Waals surface area contributed by atoms with Crippen LogP contribution in [-0.4, -0.2) is 23.5 Å². The highest BCUT2D eigenvalue weighted by Gasteiger charge is 2.08. The van der Waals surface area contributed by atoms with Crippen LogP contribution >= 0.6 is 0 Å². The van der Waals surface area contributed by atoms with Crippen LogP contribution in [-0.2, 0) is 9.59 Å². The average Bonchev–Trinajstić information content (AvgIpc) is 2.30. The molecule has 0 aliphatic heterocycles. The predicted octanol–water partition coefficient (Wildman–Crippen LogP) is 2.96. The largest absolute Gasteiger partial charge is 0.481 e. The highest BCUT2D eigenvalue weighted by Crippen LogP contribution is 2.07. The Morgan fingerprint density at radius 2 is 1.72 bits per heavy atom. The number of carboxylic acid groups (broad SMARTS) is 1. The zero-order chi connectivity index (χ0) is 13.8. The molecule has 4 heteroatoms. The standard InChI is InChI=1S/C14H27NO3/c1-3-4-5-6-7-8-9-13(16)15-11-12(2)10-14(17)18/h12H,3-11H2,1-2H3,(H,15,16)(H,17,18). The van der Waals surface area contributed by atoms with E-state index in [2.05, 4.69) is 12.2 Å². The molecule has 18 heavy (non-hydrogen) atoms. The van der Waals surface area contributed by atoms with Gasteiger partial charge in [0.05, 0.1) is 0 Å². The third-order valence-electron chi connectivity index (χ3n) is 2.93. The summed E-state index contributed by atoms with van der Waals surface area (Å²) < 4.78 is 0. The number of unbranched alkanes of at least 4 members (excludes halogenated alkanes) is 5. The number of rotatable bonds is 11. The van der Waals surface area contributed by atoms with Gasteiger partial charge >= 0.3 is 5.97 Å². The molecule has 1 unspecified atom stereocenters. The third-order valence-corrected chi connectivity index (χ3v) is 2.93. The summed E-state index contributed by atoms with van der Waals surface area (Å²) in [7, 11) is 0. The molecule has 2 N–H and O–H groups in total. The molecule has 0 saturated carbocycles. The van der Waals surface area contributed by atoms with Crippen molar-refractivity contribution in [3.05, 3.63) is 0 Å². The zero-order valence-corrected chi connectivity index (χ0v) is 11.7. The second kappa shape index (κ2) is 11.1. The monoisotopic (exact) mass is 257 g/mol. The van der Waals surface area contributed by atoms with E-state index < -0.39 is 5.97 Å². The molecule has 0 bridgehead atoms. The van der Waals surface area contributed by atoms with E-state index in [1.165, 1.54) is 25.7 Å². The number of amides is 1. The predicted molar refractivity (Wildman–Crippen MR) is 72.4 cm³/mol. The average molecular weight is 257 g/mol. The van der Waals surface area contributed by atoms with E-state index in [1.807, 2.05) is 6.92 Å². The SMILES string of the molecule is CCCCCCCCC(=O)NCC(C)CC(=O)O. The van der Waals surface area contributed by atoms with Crippen LogP contribution in [0, 0.1) is 5.92 Å². The highest BCUT2D eigenvalue weighted by molar-refractivity contribution is 5.75. The van der Waals surface area contributed by atoms with E-state index >= 15 is 0 Å². The van der Waals surface area contributed by atoms with Crippen molar-refractivity contribution in [3.8, 4) is 0 Å². The van der Waals surface area contributed by atoms with Gasteiger partial charge in [0.15, 0.2) is 0 Å². The van der Waals surface area contributed by atoms with Crippen molar-refractivity contribution in [1.82, 2.24) is 5.32 Å². The third kappa shape index (κ3) is 11.4. The topological polar surface area (TPSA) is 66.4 Å². The summed E-state index contributed by atoms with van der Waals surface area (Å²) in [4.78, 5) is 21.9. The summed E-state index contributed by atoms with van der Waals surface area (Å²) in [5, 5.41) is 11.4. The first-order chi connectivity index (χ1) is 8.56. The molecule has 0 fully saturated rings. The lowest BCUT2D eigenvalue weighted by atomic mass is 10.1. The molecule has 106 valence electrons. The van der Waals surface area contributed by atoms with Crippen LogP contribution in [0.25, 0.3) is 0 Å². The molecule has 1 atom stereocenters. The second-order valence-electron chi connectivity index (χ2n) is 5.02. The number of hydrogen-bond donors (Lipinski definition) is 2. The van der Waals surface area contributed by atoms with Crippen LogP contribution < -0.4 is 5.32 Å². The first kappa shape index (κ1) is 16.9. The summed E-state index contributed by atoms with van der Waals surface area (Å²) in [6.07, 6.45) is 7.69. The van der Waals surface area contributed by atoms with Crippen molar-refractivity contribution < 1.29 is 14.7 Å². The number of aliphatic carboxylic acids is 1. The van der Waals surface area contributed by atoms with Gasteiger partial charge in [-0.15, -0.1) is 0 Å². The van der Waals surface area contributed by atoms with Gasteiger partial charge in [0.2, 0.25) is 5.91 Å². The van der Waals surface area contributed by atoms with E-state index in [-0.39, 0.29) is 18.2 Å². The van der Waals surface area contributed by atoms with Crippen molar-refractivity contribution in [2.75, 3.05) is 6.54 Å². The molecule has 0 aliphatic rings. The number of carbonyl (C=O) groups is 2. The number of carbonyl (C=O) groups excluding carboxylic acids is 1. The summed E-state index contributed by atoms with van der Waals surface area (Å²) in [5.41, 5.74) is 0. The van der Waals surface area contributed by atoms with Crippen LogP contribution in [0.4, 0.5) is 0 Å². The fourth-order valence-corrected chi connectivity index (χ4v) is 1.81. The lowest BCUT2D eigenvalue weighted by Crippen LogP contribution is -2.28. The summed E-state index contributed by atoms with van der Waals surface area (Å²) in [6, 6.07) is 0. The van der Waals surface area contributed by atoms with E-state index in [1.54, 1.807) is 0 Å². The van der Waals surface area contributed by atoms with Gasteiger partial charge in [-0.05, 0) is 12.3 Å². The van der Waals surface area contributed by atoms with Gasteiger partial charge in [0, 0.05) is 19.4 Å². The Bertz CT molecular complexity index is 241. The van der Waals surface area contributed by atoms with Crippen molar-refractivity contribution in [3.63, 3.8) is 0 Å². The fourth-order valence-electron chi connectivity index (χ4n) is 1.81. The molecule has 0 aromatic rings. The summed E-state index contributed by atoms with van der Waals surface area (Å²) >= 11 is 0. The van der Waals surface area contributed by atoms with Gasteiger partial charge in [0.1, 0.15) is 0 Å². The molecule has 0 aliphatic carbocycles. The Morgan fingerprint density at radius 3 is 2.33 bits per heavy atom. The van der Waals surface area contributed by atoms with Crippen LogP contribution in [0.5, 0.6) is 0 Å². The number of carboxylic acids is 1. The molecule has 0 aromatic heterocycles. The van der Waals surface area contributed by atoms with E-state index in [0.29, 0.717) is 13.0 Å². The van der Waals surface area contributed by atoms with E-state index in [4.69, 9.17) is 5.11 Å². The van der Waals surface area contributed by atoms with Crippen LogP contribution in [0.1, 0.15) is 65.2 Å². The highest BCUT2D eigenvalue weighted by atomic mass is 16.4. The molecular weight excluding hydrogens is 230 g/mol. The van der Waals surface area contributed by atoms with Crippen molar-refractivity contribution in [2.45, 2.75) is 65.2 Å². The number of hydrogen-bond acceptors (Lipinski definition) is 2. The molecule has 0 spiro atoms. The molecule has 1 amide bonds. The molecule has 0 saturated heterocycles. The number of nitrogens with one attached hydrogen (secondary N) is 1. The lowest BCUT2D eigenvalue weighted by Gasteiger charge is -2.10. The van der Waals surface area contributed by atoms with Crippen molar-refractivity contribution in [1.29, 1.82) is 0 Å². The van der Waals surface area contributed by atoms with Crippen LogP contribution in [0.15, 0.2) is 0 Å². The van der Waals surface area contributed by atoms with Crippen molar-refractivity contribution in [2.24, 2.45) is 5.92 Å². The Labute approximate surface area is 110 Å². The molecule has 4 nitrogen and oxygen atoms in total. The lowest BCUT2D eigenvalue weighted by molar-refractivity contribution is -0.138. The van der Waals surface area contributed by atoms with Crippen LogP contribution in [0.3, 0.4) is 0 Å². The summed E-state index contributed by atoms with van der Waals surface area (Å²) in [6.45, 7) is 4.48. The first-order valence-electron chi connectivity index (χ1n) is 7.04. The Morgan fingerprint density at radius 1 is 1.11 bits per heavy atom. The Balaban J connectivity index is 3.40. The quantitative estimate of drug-likeness (QED) is 0.559. The smallest absolute Gasteiger partial charge is 0.303 e. The van der Waals surface area contributed by atoms with E-state index in [9.17, 15) is 9.59 Å². The molecule has 0 radical (unpaired) electrons. The molecule has 0 rings (SSSR count). The normalized spacial score (nSPS) is 12.1. The van der Waals surface area contributed by atoms with Gasteiger partial charge in [-0.3, -0.25) is 9.59 Å². The molecule has 0 aromatic carbocycles. The second-order valence-corrected chi connectivity index (χ2v) is 5.02. The maximum absolute atomic E-state index is 11.5. The molecule has 0 heterocycles. The minimum Gasteiger partial charge on any atom is -0.481 e. The maximum Gasteiger partial charge on any atom is 0.303 e. The van der Waals surface area contributed by atoms with Crippen molar-refractivity contribution >= 4 is 11.9 Å². The zero-order valence-electron chi connectivity index (χ0n) is 11.7. The van der Waals surface area contributed by atoms with E-state index in [0.717, 1.165) is 12.8 Å². The summed E-state index contributed by atoms with van der Waals surface area (Å²) in [5.74, 6) is -0.772. The van der Waals surface area contributed by atoms with Gasteiger partial charge in [-0.1, -0.05) is 46.0 Å². The minimum absolute atomic E-state index is 0.00370. The van der Waals surface area contributed by atoms with Gasteiger partial charge < -0.3 is 10.4 Å². The Hall–Kier alpha value is -1.06. The Kier molecular flexibility index (Phi) is 10.4. The fraction of sp³-hybridized carbons (Fsp3) is 0.857. The first-order valence-corrected chi connectivity index (χ1v) is 7.04. The van der Waals surface area contributed by atoms with Gasteiger partial charge in [-0.2, -0.15) is 0 Å². The van der Waals surface area contributed by atoms with Crippen LogP contribution in [0.2, 0.25) is 0 Å². The van der Waals surface area contributed by atoms with Gasteiger partial charge in [0.25, 0.3) is 0 Å². The van der Waals surface area contributed by atoms with Gasteiger partial charge in [-0.25, -0.2) is 0 Å². The molecular formula is C14H27NO3. The minimum atomic E-state index is -0.812. The maximum atomic E-state index is 11.5.